The van der Waals surface area contributed by atoms with Crippen LogP contribution in [0.4, 0.5) is 5.69 Å². The second-order valence-electron chi connectivity index (χ2n) is 12.1. The van der Waals surface area contributed by atoms with Gasteiger partial charge in [-0.2, -0.15) is 0 Å². The first-order valence-electron chi connectivity index (χ1n) is 15.0. The number of hydrogen-bond donors (Lipinski definition) is 2. The highest BCUT2D eigenvalue weighted by atomic mass is 35.5. The Morgan fingerprint density at radius 1 is 1.02 bits per heavy atom. The molecule has 7 nitrogen and oxygen atoms in total. The van der Waals surface area contributed by atoms with Gasteiger partial charge in [0.05, 0.1) is 31.3 Å². The van der Waals surface area contributed by atoms with E-state index in [1.54, 1.807) is 14.2 Å². The zero-order valence-electron chi connectivity index (χ0n) is 25.5. The molecule has 1 aliphatic carbocycles. The smallest absolute Gasteiger partial charge is 0.232 e. The maximum absolute atomic E-state index is 13.9. The van der Waals surface area contributed by atoms with Gasteiger partial charge in [-0.15, -0.1) is 0 Å². The van der Waals surface area contributed by atoms with Crippen LogP contribution in [0.2, 0.25) is 5.02 Å². The van der Waals surface area contributed by atoms with Gasteiger partial charge in [-0.05, 0) is 111 Å². The Labute approximate surface area is 259 Å². The first-order chi connectivity index (χ1) is 20.5. The van der Waals surface area contributed by atoms with Crippen molar-refractivity contribution < 1.29 is 24.2 Å². The van der Waals surface area contributed by atoms with Crippen LogP contribution in [0, 0.1) is 11.8 Å². The third-order valence-electron chi connectivity index (χ3n) is 9.01. The molecular weight excluding hydrogens is 564 g/mol. The number of carbonyl (C=O) groups is 2. The molecule has 2 N–H and O–H groups in total. The van der Waals surface area contributed by atoms with E-state index >= 15 is 0 Å². The third-order valence-corrected chi connectivity index (χ3v) is 9.26. The van der Waals surface area contributed by atoms with Gasteiger partial charge in [0.2, 0.25) is 11.8 Å². The van der Waals surface area contributed by atoms with Gasteiger partial charge in [0.1, 0.15) is 0 Å². The summed E-state index contributed by atoms with van der Waals surface area (Å²) in [6.45, 7) is 5.79. The fourth-order valence-corrected chi connectivity index (χ4v) is 6.77. The number of methoxy groups -OCH3 is 1. The van der Waals surface area contributed by atoms with Gasteiger partial charge in [0, 0.05) is 23.7 Å². The van der Waals surface area contributed by atoms with Crippen molar-refractivity contribution in [3.8, 4) is 11.5 Å². The molecule has 1 aliphatic heterocycles. The fraction of sp³-hybridized carbons (Fsp3) is 0.429. The molecule has 0 spiro atoms. The van der Waals surface area contributed by atoms with E-state index in [0.717, 1.165) is 53.6 Å². The van der Waals surface area contributed by atoms with Crippen molar-refractivity contribution in [1.29, 1.82) is 0 Å². The van der Waals surface area contributed by atoms with Crippen LogP contribution in [-0.2, 0) is 21.6 Å². The number of nitrogens with one attached hydrogen (secondary N) is 1. The lowest BCUT2D eigenvalue weighted by Gasteiger charge is -2.39. The number of ether oxygens (including phenoxy) is 2. The predicted molar refractivity (Wildman–Crippen MR) is 169 cm³/mol. The molecule has 3 aromatic rings. The summed E-state index contributed by atoms with van der Waals surface area (Å²) < 4.78 is 11.7. The summed E-state index contributed by atoms with van der Waals surface area (Å²) in [7, 11) is 3.27. The van der Waals surface area contributed by atoms with Gasteiger partial charge >= 0.3 is 0 Å². The predicted octanol–water partition coefficient (Wildman–Crippen LogP) is 6.57. The summed E-state index contributed by atoms with van der Waals surface area (Å²) in [6, 6.07) is 18.7. The van der Waals surface area contributed by atoms with Crippen LogP contribution >= 0.6 is 11.6 Å². The molecule has 5 rings (SSSR count). The summed E-state index contributed by atoms with van der Waals surface area (Å²) in [5.74, 6) is 1.30. The van der Waals surface area contributed by atoms with Crippen molar-refractivity contribution in [1.82, 2.24) is 5.32 Å². The van der Waals surface area contributed by atoms with Gasteiger partial charge in [-0.25, -0.2) is 0 Å². The van der Waals surface area contributed by atoms with Gasteiger partial charge in [-0.3, -0.25) is 9.59 Å². The van der Waals surface area contributed by atoms with Crippen molar-refractivity contribution >= 4 is 29.1 Å². The average Bonchev–Trinajstić information content (AvgIpc) is 3.00. The third kappa shape index (κ3) is 6.24. The summed E-state index contributed by atoms with van der Waals surface area (Å²) >= 11 is 6.25. The van der Waals surface area contributed by atoms with E-state index in [1.165, 1.54) is 0 Å². The number of anilines is 1. The minimum atomic E-state index is -1.06. The Morgan fingerprint density at radius 3 is 2.26 bits per heavy atom. The molecule has 1 unspecified atom stereocenters. The normalized spacial score (nSPS) is 21.6. The first kappa shape index (κ1) is 30.9. The highest BCUT2D eigenvalue weighted by molar-refractivity contribution is 6.30. The maximum Gasteiger partial charge on any atom is 0.232 e. The number of aliphatic hydroxyl groups is 1. The molecule has 1 fully saturated rings. The van der Waals surface area contributed by atoms with E-state index in [2.05, 4.69) is 5.32 Å². The second-order valence-corrected chi connectivity index (χ2v) is 12.6. The number of rotatable bonds is 8. The van der Waals surface area contributed by atoms with Gasteiger partial charge in [0.15, 0.2) is 11.5 Å². The Bertz CT molecular complexity index is 1460. The molecule has 8 heteroatoms. The number of fused-ring (bicyclic) bond motifs is 1. The molecule has 43 heavy (non-hydrogen) atoms. The van der Waals surface area contributed by atoms with E-state index in [0.29, 0.717) is 16.5 Å². The summed E-state index contributed by atoms with van der Waals surface area (Å²) in [4.78, 5) is 27.8. The molecule has 0 saturated heterocycles. The quantitative estimate of drug-likeness (QED) is 0.303. The van der Waals surface area contributed by atoms with Gasteiger partial charge in [0.25, 0.3) is 0 Å². The monoisotopic (exact) mass is 604 g/mol. The Morgan fingerprint density at radius 2 is 1.67 bits per heavy atom. The minimum absolute atomic E-state index is 0.00337. The average molecular weight is 605 g/mol. The van der Waals surface area contributed by atoms with Crippen molar-refractivity contribution in [2.45, 2.75) is 70.6 Å². The van der Waals surface area contributed by atoms with Crippen LogP contribution in [0.5, 0.6) is 11.5 Å². The molecule has 0 radical (unpaired) electrons. The highest BCUT2D eigenvalue weighted by Gasteiger charge is 2.39. The number of halogens is 1. The van der Waals surface area contributed by atoms with E-state index < -0.39 is 11.6 Å². The van der Waals surface area contributed by atoms with E-state index in [9.17, 15) is 14.7 Å². The molecule has 0 bridgehead atoms. The summed E-state index contributed by atoms with van der Waals surface area (Å²) in [5.41, 5.74) is 3.25. The Kier molecular flexibility index (Phi) is 9.04. The van der Waals surface area contributed by atoms with Crippen LogP contribution < -0.4 is 19.7 Å². The van der Waals surface area contributed by atoms with Crippen molar-refractivity contribution in [3.63, 3.8) is 0 Å². The van der Waals surface area contributed by atoms with Crippen LogP contribution in [0.25, 0.3) is 0 Å². The topological polar surface area (TPSA) is 88.1 Å². The molecule has 228 valence electrons. The van der Waals surface area contributed by atoms with Gasteiger partial charge < -0.3 is 24.8 Å². The van der Waals surface area contributed by atoms with Crippen molar-refractivity contribution in [2.24, 2.45) is 11.8 Å². The van der Waals surface area contributed by atoms with E-state index in [4.69, 9.17) is 21.1 Å². The first-order valence-corrected chi connectivity index (χ1v) is 15.4. The Hall–Kier alpha value is -3.55. The summed E-state index contributed by atoms with van der Waals surface area (Å²) in [5, 5.41) is 15.0. The molecule has 2 atom stereocenters. The van der Waals surface area contributed by atoms with E-state index in [-0.39, 0.29) is 36.2 Å². The molecular formula is C35H41ClN2O5. The van der Waals surface area contributed by atoms with Crippen molar-refractivity contribution in [3.05, 3.63) is 87.9 Å². The maximum atomic E-state index is 13.9. The fourth-order valence-electron chi connectivity index (χ4n) is 6.65. The largest absolute Gasteiger partial charge is 0.493 e. The molecule has 1 saturated carbocycles. The zero-order valence-corrected chi connectivity index (χ0v) is 26.3. The lowest BCUT2D eigenvalue weighted by atomic mass is 9.71. The molecule has 2 aliphatic rings. The lowest BCUT2D eigenvalue weighted by molar-refractivity contribution is -0.127. The molecule has 2 amide bonds. The SMILES string of the molecule is CNC(=O)C1CCC(C(C)(O)c2ccc(N3C(=O)Cc4cc(OC)c(OC(C)C)cc4[C@@H]3c3ccc(Cl)cc3)cc2)CC1. The number of benzene rings is 3. The van der Waals surface area contributed by atoms with Crippen LogP contribution in [0.3, 0.4) is 0 Å². The van der Waals surface area contributed by atoms with Crippen LogP contribution in [-0.4, -0.2) is 37.2 Å². The molecule has 1 heterocycles. The van der Waals surface area contributed by atoms with Gasteiger partial charge in [-0.1, -0.05) is 35.9 Å². The number of amides is 2. The van der Waals surface area contributed by atoms with Crippen LogP contribution in [0.1, 0.15) is 74.8 Å². The Balaban J connectivity index is 1.50. The highest BCUT2D eigenvalue weighted by Crippen LogP contribution is 2.45. The van der Waals surface area contributed by atoms with Crippen molar-refractivity contribution in [2.75, 3.05) is 19.1 Å². The number of carbonyl (C=O) groups excluding carboxylic acids is 2. The summed E-state index contributed by atoms with van der Waals surface area (Å²) in [6.07, 6.45) is 3.23. The van der Waals surface area contributed by atoms with E-state index in [1.807, 2.05) is 86.3 Å². The standard InChI is InChI=1S/C35H41ClN2O5/c1-21(2)43-31-20-29-24(18-30(31)42-5)19-32(39)38(33(29)22-8-14-27(36)15-9-22)28-16-12-26(13-17-28)35(3,41)25-10-6-23(7-11-25)34(40)37-4/h8-9,12-18,20-21,23,25,33,41H,6-7,10-11,19H2,1-5H3,(H,37,40)/t23?,25?,33-,35?/m0/s1. The minimum Gasteiger partial charge on any atom is -0.493 e. The molecule has 0 aromatic heterocycles. The number of nitrogens with zero attached hydrogens (tertiary/aromatic N) is 1. The number of hydrogen-bond acceptors (Lipinski definition) is 5. The lowest BCUT2D eigenvalue weighted by Crippen LogP contribution is -2.41. The van der Waals surface area contributed by atoms with Crippen LogP contribution in [0.15, 0.2) is 60.7 Å². The zero-order chi connectivity index (χ0) is 30.9. The second kappa shape index (κ2) is 12.6. The molecule has 3 aromatic carbocycles.